The Kier molecular flexibility index (Phi) is 4.03. The summed E-state index contributed by atoms with van der Waals surface area (Å²) in [6, 6.07) is 24.3. The van der Waals surface area contributed by atoms with E-state index in [1.807, 2.05) is 54.6 Å². The predicted octanol–water partition coefficient (Wildman–Crippen LogP) is 3.84. The number of hydrogen-bond donors (Lipinski definition) is 2. The van der Waals surface area contributed by atoms with E-state index >= 15 is 0 Å². The number of amides is 1. The van der Waals surface area contributed by atoms with Gasteiger partial charge in [0.1, 0.15) is 0 Å². The van der Waals surface area contributed by atoms with Crippen molar-refractivity contribution >= 4 is 22.4 Å². The highest BCUT2D eigenvalue weighted by molar-refractivity contribution is 6.12. The van der Waals surface area contributed by atoms with Gasteiger partial charge in [-0.1, -0.05) is 66.7 Å². The second-order valence-electron chi connectivity index (χ2n) is 5.81. The molecule has 2 N–H and O–H groups in total. The molecule has 126 valence electrons. The quantitative estimate of drug-likeness (QED) is 0.594. The molecule has 0 aliphatic rings. The smallest absolute Gasteiger partial charge is 0.276 e. The van der Waals surface area contributed by atoms with Gasteiger partial charge in [0.15, 0.2) is 5.69 Å². The Morgan fingerprint density at radius 2 is 1.46 bits per heavy atom. The molecule has 1 aromatic heterocycles. The van der Waals surface area contributed by atoms with Crippen LogP contribution in [0.3, 0.4) is 0 Å². The van der Waals surface area contributed by atoms with E-state index in [4.69, 9.17) is 0 Å². The summed E-state index contributed by atoms with van der Waals surface area (Å²) in [5, 5.41) is 10.2. The van der Waals surface area contributed by atoms with Crippen LogP contribution in [-0.4, -0.2) is 16.1 Å². The molecule has 26 heavy (non-hydrogen) atoms. The molecule has 0 spiro atoms. The number of nitrogens with zero attached hydrogens (tertiary/aromatic N) is 1. The van der Waals surface area contributed by atoms with E-state index in [2.05, 4.69) is 15.5 Å². The maximum absolute atomic E-state index is 12.8. The van der Waals surface area contributed by atoms with E-state index < -0.39 is 0 Å². The zero-order chi connectivity index (χ0) is 17.9. The highest BCUT2D eigenvalue weighted by Gasteiger charge is 2.15. The molecule has 0 atom stereocenters. The van der Waals surface area contributed by atoms with E-state index in [0.717, 1.165) is 11.1 Å². The molecule has 1 amide bonds. The number of H-pyrrole nitrogens is 1. The number of benzene rings is 3. The summed E-state index contributed by atoms with van der Waals surface area (Å²) in [6.07, 6.45) is 0. The molecule has 1 heterocycles. The van der Waals surface area contributed by atoms with Crippen molar-refractivity contribution in [2.24, 2.45) is 0 Å². The van der Waals surface area contributed by atoms with Gasteiger partial charge in [0.25, 0.3) is 11.5 Å². The molecule has 4 rings (SSSR count). The van der Waals surface area contributed by atoms with Gasteiger partial charge < -0.3 is 5.32 Å². The Morgan fingerprint density at radius 1 is 0.808 bits per heavy atom. The number of aromatic amines is 1. The number of nitrogens with one attached hydrogen (secondary N) is 2. The molecule has 0 saturated heterocycles. The minimum absolute atomic E-state index is 0.183. The van der Waals surface area contributed by atoms with Crippen LogP contribution >= 0.6 is 0 Å². The molecule has 0 bridgehead atoms. The summed E-state index contributed by atoms with van der Waals surface area (Å²) in [6.45, 7) is 0. The van der Waals surface area contributed by atoms with Crippen molar-refractivity contribution in [3.05, 3.63) is 94.9 Å². The molecule has 5 heteroatoms. The van der Waals surface area contributed by atoms with Crippen LogP contribution < -0.4 is 10.9 Å². The number of rotatable bonds is 3. The first-order valence-corrected chi connectivity index (χ1v) is 8.17. The number of hydrogen-bond acceptors (Lipinski definition) is 3. The third-order valence-electron chi connectivity index (χ3n) is 4.17. The maximum atomic E-state index is 12.8. The van der Waals surface area contributed by atoms with Crippen LogP contribution in [0.5, 0.6) is 0 Å². The lowest BCUT2D eigenvalue weighted by Gasteiger charge is -2.11. The summed E-state index contributed by atoms with van der Waals surface area (Å²) in [5.74, 6) is -0.374. The van der Waals surface area contributed by atoms with E-state index in [-0.39, 0.29) is 17.2 Å². The molecular formula is C21H15N3O2. The van der Waals surface area contributed by atoms with Gasteiger partial charge in [-0.3, -0.25) is 9.59 Å². The Bertz CT molecular complexity index is 1150. The summed E-state index contributed by atoms with van der Waals surface area (Å²) < 4.78 is 0. The third-order valence-corrected chi connectivity index (χ3v) is 4.17. The fraction of sp³-hybridized carbons (Fsp3) is 0. The van der Waals surface area contributed by atoms with Gasteiger partial charge in [-0.25, -0.2) is 5.10 Å². The number of para-hydroxylation sites is 1. The van der Waals surface area contributed by atoms with E-state index in [1.54, 1.807) is 24.3 Å². The van der Waals surface area contributed by atoms with Gasteiger partial charge in [-0.15, -0.1) is 0 Å². The Balaban J connectivity index is 1.75. The summed E-state index contributed by atoms with van der Waals surface area (Å²) in [5.41, 5.74) is 2.46. The SMILES string of the molecule is O=C(Nc1ccccc1-c1ccccc1)c1n[nH]c(=O)c2ccccc12. The molecule has 4 aromatic rings. The van der Waals surface area contributed by atoms with E-state index in [1.165, 1.54) is 0 Å². The van der Waals surface area contributed by atoms with Crippen LogP contribution in [0.15, 0.2) is 83.7 Å². The first-order valence-electron chi connectivity index (χ1n) is 8.17. The second kappa shape index (κ2) is 6.64. The lowest BCUT2D eigenvalue weighted by atomic mass is 10.0. The summed E-state index contributed by atoms with van der Waals surface area (Å²) >= 11 is 0. The van der Waals surface area contributed by atoms with Crippen molar-refractivity contribution in [1.82, 2.24) is 10.2 Å². The van der Waals surface area contributed by atoms with E-state index in [0.29, 0.717) is 16.5 Å². The minimum atomic E-state index is -0.374. The van der Waals surface area contributed by atoms with Crippen LogP contribution in [0, 0.1) is 0 Å². The minimum Gasteiger partial charge on any atom is -0.320 e. The van der Waals surface area contributed by atoms with Gasteiger partial charge in [-0.2, -0.15) is 5.10 Å². The van der Waals surface area contributed by atoms with Crippen molar-refractivity contribution in [3.63, 3.8) is 0 Å². The zero-order valence-corrected chi connectivity index (χ0v) is 13.8. The number of fused-ring (bicyclic) bond motifs is 1. The molecule has 0 radical (unpaired) electrons. The molecule has 5 nitrogen and oxygen atoms in total. The van der Waals surface area contributed by atoms with Gasteiger partial charge in [-0.05, 0) is 17.7 Å². The van der Waals surface area contributed by atoms with Gasteiger partial charge in [0.2, 0.25) is 0 Å². The largest absolute Gasteiger partial charge is 0.320 e. The molecule has 0 unspecified atom stereocenters. The van der Waals surface area contributed by atoms with Gasteiger partial charge in [0.05, 0.1) is 5.39 Å². The number of carbonyl (C=O) groups excluding carboxylic acids is 1. The van der Waals surface area contributed by atoms with Crippen molar-refractivity contribution in [1.29, 1.82) is 0 Å². The van der Waals surface area contributed by atoms with Crippen LogP contribution in [0.25, 0.3) is 21.9 Å². The fourth-order valence-electron chi connectivity index (χ4n) is 2.93. The van der Waals surface area contributed by atoms with Gasteiger partial charge >= 0.3 is 0 Å². The van der Waals surface area contributed by atoms with Crippen LogP contribution in [0.1, 0.15) is 10.5 Å². The monoisotopic (exact) mass is 341 g/mol. The Labute approximate surface area is 149 Å². The zero-order valence-electron chi connectivity index (χ0n) is 13.8. The fourth-order valence-corrected chi connectivity index (χ4v) is 2.93. The first-order chi connectivity index (χ1) is 12.7. The summed E-state index contributed by atoms with van der Waals surface area (Å²) in [7, 11) is 0. The van der Waals surface area contributed by atoms with Crippen LogP contribution in [0.2, 0.25) is 0 Å². The number of aromatic nitrogens is 2. The second-order valence-corrected chi connectivity index (χ2v) is 5.81. The molecule has 0 saturated carbocycles. The molecule has 0 fully saturated rings. The van der Waals surface area contributed by atoms with E-state index in [9.17, 15) is 9.59 Å². The molecule has 0 aliphatic heterocycles. The average molecular weight is 341 g/mol. The summed E-state index contributed by atoms with van der Waals surface area (Å²) in [4.78, 5) is 24.7. The highest BCUT2D eigenvalue weighted by atomic mass is 16.2. The third kappa shape index (κ3) is 2.86. The topological polar surface area (TPSA) is 74.8 Å². The highest BCUT2D eigenvalue weighted by Crippen LogP contribution is 2.28. The maximum Gasteiger partial charge on any atom is 0.276 e. The lowest BCUT2D eigenvalue weighted by molar-refractivity contribution is 0.102. The predicted molar refractivity (Wildman–Crippen MR) is 102 cm³/mol. The van der Waals surface area contributed by atoms with Crippen molar-refractivity contribution in [2.45, 2.75) is 0 Å². The standard InChI is InChI=1S/C21H15N3O2/c25-20-17-12-5-4-11-16(17)19(23-24-20)21(26)22-18-13-7-6-10-15(18)14-8-2-1-3-9-14/h1-13H,(H,22,26)(H,24,25). The van der Waals surface area contributed by atoms with Crippen LogP contribution in [0.4, 0.5) is 5.69 Å². The lowest BCUT2D eigenvalue weighted by Crippen LogP contribution is -2.19. The van der Waals surface area contributed by atoms with Gasteiger partial charge in [0, 0.05) is 16.6 Å². The first kappa shape index (κ1) is 15.8. The van der Waals surface area contributed by atoms with Crippen molar-refractivity contribution in [2.75, 3.05) is 5.32 Å². The Hall–Kier alpha value is -3.73. The number of carbonyl (C=O) groups is 1. The molecule has 3 aromatic carbocycles. The Morgan fingerprint density at radius 3 is 2.27 bits per heavy atom. The number of anilines is 1. The normalized spacial score (nSPS) is 10.6. The molecule has 0 aliphatic carbocycles. The molecular weight excluding hydrogens is 326 g/mol. The van der Waals surface area contributed by atoms with Crippen LogP contribution in [-0.2, 0) is 0 Å². The van der Waals surface area contributed by atoms with Crippen molar-refractivity contribution < 1.29 is 4.79 Å². The van der Waals surface area contributed by atoms with Crippen molar-refractivity contribution in [3.8, 4) is 11.1 Å². The average Bonchev–Trinajstić information content (AvgIpc) is 2.69.